The molecular formula is C14H13ClFNO3. The smallest absolute Gasteiger partial charge is 0.343 e. The van der Waals surface area contributed by atoms with Gasteiger partial charge >= 0.3 is 5.97 Å². The van der Waals surface area contributed by atoms with Gasteiger partial charge in [-0.25, -0.2) is 9.18 Å². The third kappa shape index (κ3) is 2.41. The van der Waals surface area contributed by atoms with E-state index in [0.717, 1.165) is 18.3 Å². The van der Waals surface area contributed by atoms with Gasteiger partial charge in [0, 0.05) is 24.9 Å². The van der Waals surface area contributed by atoms with E-state index in [1.807, 2.05) is 0 Å². The van der Waals surface area contributed by atoms with Crippen LogP contribution in [-0.2, 0) is 11.2 Å². The number of carbonyl (C=O) groups is 1. The van der Waals surface area contributed by atoms with Crippen LogP contribution in [0.3, 0.4) is 0 Å². The van der Waals surface area contributed by atoms with Crippen LogP contribution >= 0.6 is 11.6 Å². The second-order valence-corrected chi connectivity index (χ2v) is 4.26. The lowest BCUT2D eigenvalue weighted by atomic mass is 10.1. The Morgan fingerprint density at radius 3 is 3.00 bits per heavy atom. The molecule has 0 N–H and O–H groups in total. The normalized spacial score (nSPS) is 15.8. The molecule has 0 atom stereocenters. The molecule has 0 bridgehead atoms. The molecule has 4 nitrogen and oxygen atoms in total. The number of aromatic nitrogens is 1. The first kappa shape index (κ1) is 9.13. The van der Waals surface area contributed by atoms with Gasteiger partial charge < -0.3 is 9.30 Å². The number of hydrogen-bond acceptors (Lipinski definition) is 3. The number of carbonyl (C=O) groups excluding carboxylic acids is 1. The summed E-state index contributed by atoms with van der Waals surface area (Å²) in [4.78, 5) is 24.4. The highest BCUT2D eigenvalue weighted by Crippen LogP contribution is 2.21. The number of fused-ring (bicyclic) bond motifs is 1. The van der Waals surface area contributed by atoms with Crippen molar-refractivity contribution in [1.29, 1.82) is 0 Å². The Morgan fingerprint density at radius 1 is 1.60 bits per heavy atom. The summed E-state index contributed by atoms with van der Waals surface area (Å²) in [5.74, 6) is -2.03. The average molecular weight is 303 g/mol. The van der Waals surface area contributed by atoms with Gasteiger partial charge in [-0.1, -0.05) is 11.6 Å². The summed E-state index contributed by atoms with van der Waals surface area (Å²) < 4.78 is 57.1. The average Bonchev–Trinajstić information content (AvgIpc) is 2.48. The molecule has 0 aliphatic rings. The van der Waals surface area contributed by atoms with Crippen LogP contribution in [0.15, 0.2) is 23.1 Å². The largest absolute Gasteiger partial charge is 0.462 e. The molecule has 6 heteroatoms. The summed E-state index contributed by atoms with van der Waals surface area (Å²) in [6.45, 7) is -4.70. The zero-order valence-corrected chi connectivity index (χ0v) is 11.1. The molecule has 0 amide bonds. The molecule has 0 unspecified atom stereocenters. The van der Waals surface area contributed by atoms with Crippen LogP contribution in [0.5, 0.6) is 0 Å². The van der Waals surface area contributed by atoms with E-state index >= 15 is 0 Å². The topological polar surface area (TPSA) is 48.3 Å². The fraction of sp³-hybridized carbons (Fsp3) is 0.286. The number of aryl methyl sites for hydroxylation is 1. The van der Waals surface area contributed by atoms with Crippen molar-refractivity contribution in [1.82, 2.24) is 4.57 Å². The minimum atomic E-state index is -3.14. The number of pyridine rings is 1. The third-order valence-corrected chi connectivity index (χ3v) is 2.95. The molecule has 2 aromatic rings. The van der Waals surface area contributed by atoms with Gasteiger partial charge in [-0.15, -0.1) is 0 Å². The Bertz CT molecular complexity index is 910. The molecule has 0 radical (unpaired) electrons. The van der Waals surface area contributed by atoms with Crippen LogP contribution in [0.4, 0.5) is 4.39 Å². The van der Waals surface area contributed by atoms with E-state index in [1.54, 1.807) is 0 Å². The lowest BCUT2D eigenvalue weighted by Crippen LogP contribution is -2.21. The number of rotatable bonds is 3. The van der Waals surface area contributed by atoms with E-state index in [9.17, 15) is 14.0 Å². The van der Waals surface area contributed by atoms with Crippen molar-refractivity contribution in [3.05, 3.63) is 45.0 Å². The van der Waals surface area contributed by atoms with Crippen molar-refractivity contribution < 1.29 is 20.8 Å². The molecule has 0 saturated carbocycles. The van der Waals surface area contributed by atoms with Crippen LogP contribution in [0.2, 0.25) is 5.02 Å². The summed E-state index contributed by atoms with van der Waals surface area (Å²) in [6, 6.07) is 1.67. The first-order valence-electron chi connectivity index (χ1n) is 8.13. The third-order valence-electron chi connectivity index (χ3n) is 2.66. The summed E-state index contributed by atoms with van der Waals surface area (Å²) in [5.41, 5.74) is -1.78. The zero-order chi connectivity index (χ0) is 19.2. The lowest BCUT2D eigenvalue weighted by molar-refractivity contribution is 0.0524. The molecule has 20 heavy (non-hydrogen) atoms. The lowest BCUT2D eigenvalue weighted by Gasteiger charge is -2.11. The van der Waals surface area contributed by atoms with Crippen molar-refractivity contribution >= 4 is 28.5 Å². The summed E-state index contributed by atoms with van der Waals surface area (Å²) in [7, 11) is 0. The Balaban J connectivity index is 2.97. The van der Waals surface area contributed by atoms with Crippen molar-refractivity contribution in [3.63, 3.8) is 0 Å². The molecule has 1 aromatic heterocycles. The van der Waals surface area contributed by atoms with E-state index in [0.29, 0.717) is 4.57 Å². The maximum absolute atomic E-state index is 13.8. The number of esters is 1. The van der Waals surface area contributed by atoms with Crippen LogP contribution in [0, 0.1) is 5.82 Å². The molecule has 0 aliphatic heterocycles. The molecular weight excluding hydrogens is 285 g/mol. The predicted octanol–water partition coefficient (Wildman–Crippen LogP) is 2.99. The van der Waals surface area contributed by atoms with Gasteiger partial charge in [-0.3, -0.25) is 4.79 Å². The van der Waals surface area contributed by atoms with E-state index < -0.39 is 41.2 Å². The highest BCUT2D eigenvalue weighted by Gasteiger charge is 2.17. The van der Waals surface area contributed by atoms with Crippen LogP contribution in [0.25, 0.3) is 10.9 Å². The molecule has 1 aromatic carbocycles. The highest BCUT2D eigenvalue weighted by molar-refractivity contribution is 6.31. The minimum absolute atomic E-state index is 0.0581. The Kier molecular flexibility index (Phi) is 2.57. The van der Waals surface area contributed by atoms with E-state index in [2.05, 4.69) is 0 Å². The zero-order valence-electron chi connectivity index (χ0n) is 15.4. The Hall–Kier alpha value is -1.88. The number of nitrogens with zero attached hydrogens (tertiary/aromatic N) is 1. The second kappa shape index (κ2) is 5.63. The molecule has 1 heterocycles. The van der Waals surface area contributed by atoms with Gasteiger partial charge in [0.15, 0.2) is 0 Å². The minimum Gasteiger partial charge on any atom is -0.462 e. The summed E-state index contributed by atoms with van der Waals surface area (Å²) in [5, 5.41) is -0.813. The van der Waals surface area contributed by atoms with Crippen molar-refractivity contribution in [2.24, 2.45) is 0 Å². The predicted molar refractivity (Wildman–Crippen MR) is 74.8 cm³/mol. The second-order valence-electron chi connectivity index (χ2n) is 3.86. The monoisotopic (exact) mass is 302 g/mol. The van der Waals surface area contributed by atoms with E-state index in [1.165, 1.54) is 6.92 Å². The number of ether oxygens (including phenoxy) is 1. The fourth-order valence-corrected chi connectivity index (χ4v) is 1.92. The van der Waals surface area contributed by atoms with Gasteiger partial charge in [0.25, 0.3) is 0 Å². The summed E-state index contributed by atoms with van der Waals surface area (Å²) >= 11 is 5.68. The number of benzene rings is 1. The van der Waals surface area contributed by atoms with Crippen LogP contribution in [-0.4, -0.2) is 17.1 Å². The van der Waals surface area contributed by atoms with Crippen molar-refractivity contribution in [2.45, 2.75) is 20.3 Å². The molecule has 0 fully saturated rings. The SMILES string of the molecule is [2H]C([2H])([2H])C([2H])([2H])n1cc(C(=O)OCC)c(=O)c2cc(F)c(Cl)cc21. The Labute approximate surface area is 126 Å². The molecule has 0 spiro atoms. The molecule has 106 valence electrons. The van der Waals surface area contributed by atoms with E-state index in [-0.39, 0.29) is 17.5 Å². The van der Waals surface area contributed by atoms with Crippen LogP contribution < -0.4 is 5.43 Å². The molecule has 0 saturated heterocycles. The number of hydrogen-bond donors (Lipinski definition) is 0. The van der Waals surface area contributed by atoms with E-state index in [4.69, 9.17) is 23.2 Å². The maximum Gasteiger partial charge on any atom is 0.343 e. The standard InChI is InChI=1S/C14H13ClFNO3/c1-3-17-7-9(14(19)20-4-2)13(18)8-5-11(16)10(15)6-12(8)17/h5-7H,3-4H2,1-2H3/i1D3,3D2. The quantitative estimate of drug-likeness (QED) is 0.819. The van der Waals surface area contributed by atoms with Crippen LogP contribution in [0.1, 0.15) is 31.0 Å². The van der Waals surface area contributed by atoms with Gasteiger partial charge in [0.05, 0.1) is 17.1 Å². The first-order valence-corrected chi connectivity index (χ1v) is 6.01. The van der Waals surface area contributed by atoms with Gasteiger partial charge in [0.2, 0.25) is 5.43 Å². The highest BCUT2D eigenvalue weighted by atomic mass is 35.5. The molecule has 2 rings (SSSR count). The van der Waals surface area contributed by atoms with Gasteiger partial charge in [-0.2, -0.15) is 0 Å². The van der Waals surface area contributed by atoms with Crippen molar-refractivity contribution in [3.8, 4) is 0 Å². The van der Waals surface area contributed by atoms with Crippen molar-refractivity contribution in [2.75, 3.05) is 6.61 Å². The molecule has 0 aliphatic carbocycles. The summed E-state index contributed by atoms with van der Waals surface area (Å²) in [6.07, 6.45) is 0.753. The fourth-order valence-electron chi connectivity index (χ4n) is 1.77. The first-order chi connectivity index (χ1) is 11.4. The Morgan fingerprint density at radius 2 is 2.35 bits per heavy atom. The van der Waals surface area contributed by atoms with Gasteiger partial charge in [-0.05, 0) is 25.9 Å². The number of halogens is 2. The maximum atomic E-state index is 13.8. The van der Waals surface area contributed by atoms with Gasteiger partial charge in [0.1, 0.15) is 11.4 Å².